The lowest BCUT2D eigenvalue weighted by Crippen LogP contribution is -1.94. The van der Waals surface area contributed by atoms with Crippen molar-refractivity contribution in [2.24, 2.45) is 5.10 Å². The van der Waals surface area contributed by atoms with Crippen molar-refractivity contribution in [1.82, 2.24) is 0 Å². The fourth-order valence-corrected chi connectivity index (χ4v) is 1.66. The number of hydrogen-bond donors (Lipinski definition) is 1. The van der Waals surface area contributed by atoms with Crippen molar-refractivity contribution >= 4 is 35.1 Å². The van der Waals surface area contributed by atoms with E-state index in [1.54, 1.807) is 18.2 Å². The van der Waals surface area contributed by atoms with Crippen LogP contribution in [0.3, 0.4) is 0 Å². The van der Waals surface area contributed by atoms with Gasteiger partial charge in [-0.15, -0.1) is 0 Å². The van der Waals surface area contributed by atoms with Gasteiger partial charge in [-0.1, -0.05) is 29.3 Å². The van der Waals surface area contributed by atoms with E-state index in [4.69, 9.17) is 23.2 Å². The molecule has 0 unspecified atom stereocenters. The van der Waals surface area contributed by atoms with Gasteiger partial charge >= 0.3 is 0 Å². The first-order valence-corrected chi connectivity index (χ1v) is 6.01. The lowest BCUT2D eigenvalue weighted by molar-refractivity contribution is 0.585. The fraction of sp³-hybridized carbons (Fsp3) is 0. The Kier molecular flexibility index (Phi) is 4.35. The molecule has 0 aliphatic heterocycles. The molecule has 1 N–H and O–H groups in total. The molecule has 6 heteroatoms. The summed E-state index contributed by atoms with van der Waals surface area (Å²) in [6.07, 6.45) is 1.45. The molecule has 19 heavy (non-hydrogen) atoms. The van der Waals surface area contributed by atoms with Crippen molar-refractivity contribution in [3.63, 3.8) is 0 Å². The number of benzene rings is 2. The maximum Gasteiger partial charge on any atom is 0.151 e. The molecule has 0 radical (unpaired) electrons. The van der Waals surface area contributed by atoms with Gasteiger partial charge < -0.3 is 0 Å². The number of anilines is 1. The minimum absolute atomic E-state index is 0.0812. The molecule has 0 aliphatic carbocycles. The normalized spacial score (nSPS) is 10.9. The second-order valence-electron chi connectivity index (χ2n) is 3.67. The van der Waals surface area contributed by atoms with Crippen molar-refractivity contribution in [2.45, 2.75) is 0 Å². The van der Waals surface area contributed by atoms with E-state index < -0.39 is 11.6 Å². The molecule has 0 aromatic heterocycles. The summed E-state index contributed by atoms with van der Waals surface area (Å²) in [4.78, 5) is 0. The third kappa shape index (κ3) is 3.66. The van der Waals surface area contributed by atoms with Gasteiger partial charge in [-0.25, -0.2) is 8.78 Å². The highest BCUT2D eigenvalue weighted by Gasteiger charge is 2.02. The lowest BCUT2D eigenvalue weighted by atomic mass is 10.2. The van der Waals surface area contributed by atoms with Gasteiger partial charge in [0.1, 0.15) is 5.82 Å². The number of halogens is 4. The Morgan fingerprint density at radius 1 is 1.00 bits per heavy atom. The van der Waals surface area contributed by atoms with Gasteiger partial charge in [0.2, 0.25) is 0 Å². The summed E-state index contributed by atoms with van der Waals surface area (Å²) in [5, 5.41) is 4.68. The third-order valence-electron chi connectivity index (χ3n) is 2.27. The summed E-state index contributed by atoms with van der Waals surface area (Å²) in [7, 11) is 0. The van der Waals surface area contributed by atoms with Crippen molar-refractivity contribution in [1.29, 1.82) is 0 Å². The van der Waals surface area contributed by atoms with Crippen LogP contribution in [0.25, 0.3) is 0 Å². The molecule has 0 saturated carbocycles. The van der Waals surface area contributed by atoms with Crippen molar-refractivity contribution < 1.29 is 8.78 Å². The zero-order valence-corrected chi connectivity index (χ0v) is 11.0. The first kappa shape index (κ1) is 13.8. The number of hydrazone groups is 1. The van der Waals surface area contributed by atoms with Crippen LogP contribution >= 0.6 is 23.2 Å². The van der Waals surface area contributed by atoms with Crippen LogP contribution in [0.4, 0.5) is 14.5 Å². The predicted molar refractivity (Wildman–Crippen MR) is 74.0 cm³/mol. The first-order chi connectivity index (χ1) is 9.06. The zero-order valence-electron chi connectivity index (χ0n) is 9.50. The molecule has 0 bridgehead atoms. The summed E-state index contributed by atoms with van der Waals surface area (Å²) in [5.41, 5.74) is 3.25. The van der Waals surface area contributed by atoms with Gasteiger partial charge in [0.05, 0.1) is 21.9 Å². The maximum atomic E-state index is 13.3. The van der Waals surface area contributed by atoms with Gasteiger partial charge in [0.25, 0.3) is 0 Å². The van der Waals surface area contributed by atoms with E-state index in [0.29, 0.717) is 15.6 Å². The summed E-state index contributed by atoms with van der Waals surface area (Å²) < 4.78 is 26.0. The van der Waals surface area contributed by atoms with E-state index in [9.17, 15) is 8.78 Å². The highest BCUT2D eigenvalue weighted by molar-refractivity contribution is 6.42. The number of rotatable bonds is 3. The van der Waals surface area contributed by atoms with Gasteiger partial charge in [-0.2, -0.15) is 5.10 Å². The van der Waals surface area contributed by atoms with Crippen LogP contribution in [0.1, 0.15) is 5.56 Å². The summed E-state index contributed by atoms with van der Waals surface area (Å²) in [6.45, 7) is 0. The molecule has 2 aromatic carbocycles. The summed E-state index contributed by atoms with van der Waals surface area (Å²) >= 11 is 11.6. The van der Waals surface area contributed by atoms with E-state index >= 15 is 0 Å². The van der Waals surface area contributed by atoms with E-state index in [0.717, 1.165) is 12.1 Å². The highest BCUT2D eigenvalue weighted by Crippen LogP contribution is 2.22. The average Bonchev–Trinajstić information content (AvgIpc) is 2.36. The lowest BCUT2D eigenvalue weighted by Gasteiger charge is -2.02. The van der Waals surface area contributed by atoms with Crippen LogP contribution in [0.2, 0.25) is 10.0 Å². The minimum Gasteiger partial charge on any atom is -0.276 e. The Hall–Kier alpha value is -1.65. The molecule has 0 heterocycles. The van der Waals surface area contributed by atoms with E-state index in [2.05, 4.69) is 10.5 Å². The van der Waals surface area contributed by atoms with Gasteiger partial charge in [-0.3, -0.25) is 5.43 Å². The molecule has 0 fully saturated rings. The second kappa shape index (κ2) is 5.99. The van der Waals surface area contributed by atoms with E-state index in [1.165, 1.54) is 12.3 Å². The number of nitrogens with one attached hydrogen (secondary N) is 1. The van der Waals surface area contributed by atoms with E-state index in [-0.39, 0.29) is 5.69 Å². The molecule has 0 aliphatic rings. The van der Waals surface area contributed by atoms with Crippen LogP contribution in [-0.2, 0) is 0 Å². The Labute approximate surface area is 118 Å². The standard InChI is InChI=1S/C13H8Cl2F2N2/c14-10-3-1-8(5-11(10)15)7-18-19-13-4-2-9(16)6-12(13)17/h1-7,19H. The Morgan fingerprint density at radius 3 is 2.47 bits per heavy atom. The summed E-state index contributed by atoms with van der Waals surface area (Å²) in [5.74, 6) is -1.36. The molecule has 98 valence electrons. The largest absolute Gasteiger partial charge is 0.276 e. The van der Waals surface area contributed by atoms with Crippen molar-refractivity contribution in [3.8, 4) is 0 Å². The van der Waals surface area contributed by atoms with Crippen molar-refractivity contribution in [3.05, 3.63) is 63.6 Å². The van der Waals surface area contributed by atoms with Crippen LogP contribution in [-0.4, -0.2) is 6.21 Å². The minimum atomic E-state index is -0.716. The molecule has 0 saturated heterocycles. The average molecular weight is 301 g/mol. The quantitative estimate of drug-likeness (QED) is 0.644. The highest BCUT2D eigenvalue weighted by atomic mass is 35.5. The monoisotopic (exact) mass is 300 g/mol. The molecular formula is C13H8Cl2F2N2. The fourth-order valence-electron chi connectivity index (χ4n) is 1.35. The van der Waals surface area contributed by atoms with Gasteiger partial charge in [-0.05, 0) is 29.8 Å². The number of nitrogens with zero attached hydrogens (tertiary/aromatic N) is 1. The smallest absolute Gasteiger partial charge is 0.151 e. The topological polar surface area (TPSA) is 24.4 Å². The SMILES string of the molecule is Fc1ccc(NN=Cc2ccc(Cl)c(Cl)c2)c(F)c1. The van der Waals surface area contributed by atoms with Crippen LogP contribution in [0.15, 0.2) is 41.5 Å². The first-order valence-electron chi connectivity index (χ1n) is 5.25. The number of hydrogen-bond acceptors (Lipinski definition) is 2. The van der Waals surface area contributed by atoms with Crippen molar-refractivity contribution in [2.75, 3.05) is 5.43 Å². The zero-order chi connectivity index (χ0) is 13.8. The maximum absolute atomic E-state index is 13.3. The molecule has 2 rings (SSSR count). The molecule has 2 aromatic rings. The summed E-state index contributed by atoms with van der Waals surface area (Å²) in [6, 6.07) is 8.13. The van der Waals surface area contributed by atoms with Crippen LogP contribution in [0.5, 0.6) is 0 Å². The molecular weight excluding hydrogens is 293 g/mol. The molecule has 0 amide bonds. The van der Waals surface area contributed by atoms with Gasteiger partial charge in [0, 0.05) is 6.07 Å². The predicted octanol–water partition coefficient (Wildman–Crippen LogP) is 4.72. The third-order valence-corrected chi connectivity index (χ3v) is 3.01. The Bertz CT molecular complexity index is 630. The molecule has 0 spiro atoms. The van der Waals surface area contributed by atoms with Crippen LogP contribution in [0, 0.1) is 11.6 Å². The Morgan fingerprint density at radius 2 is 1.79 bits per heavy atom. The van der Waals surface area contributed by atoms with Crippen LogP contribution < -0.4 is 5.43 Å². The van der Waals surface area contributed by atoms with Gasteiger partial charge in [0.15, 0.2) is 5.82 Å². The second-order valence-corrected chi connectivity index (χ2v) is 4.48. The molecule has 2 nitrogen and oxygen atoms in total. The molecule has 0 atom stereocenters. The van der Waals surface area contributed by atoms with E-state index in [1.807, 2.05) is 0 Å². The Balaban J connectivity index is 2.09.